The van der Waals surface area contributed by atoms with E-state index in [1.807, 2.05) is 0 Å². The Hall–Kier alpha value is -2.37. The molecule has 2 aromatic carbocycles. The van der Waals surface area contributed by atoms with Crippen LogP contribution in [-0.4, -0.2) is 6.29 Å². The van der Waals surface area contributed by atoms with Crippen molar-refractivity contribution in [2.75, 3.05) is 5.32 Å². The van der Waals surface area contributed by atoms with Gasteiger partial charge in [0.2, 0.25) is 0 Å². The summed E-state index contributed by atoms with van der Waals surface area (Å²) in [5.74, 6) is -0.950. The first-order valence-corrected chi connectivity index (χ1v) is 6.49. The lowest BCUT2D eigenvalue weighted by Gasteiger charge is -2.20. The number of hydrogen-bond acceptors (Lipinski definition) is 2. The Balaban J connectivity index is 2.32. The minimum absolute atomic E-state index is 0.210. The number of nitrogens with one attached hydrogen (secondary N) is 1. The Bertz CT molecular complexity index is 682. The van der Waals surface area contributed by atoms with Gasteiger partial charge >= 0.3 is 6.18 Å². The minimum atomic E-state index is -4.66. The predicted octanol–water partition coefficient (Wildman–Crippen LogP) is 4.83. The SMILES string of the molecule is CC(Nc1ccc(F)cc1C(F)(F)F)c1cccc(C=O)c1. The molecule has 0 radical (unpaired) electrons. The lowest BCUT2D eigenvalue weighted by Crippen LogP contribution is -2.14. The Morgan fingerprint density at radius 3 is 2.50 bits per heavy atom. The van der Waals surface area contributed by atoms with Crippen molar-refractivity contribution in [1.82, 2.24) is 0 Å². The number of alkyl halides is 3. The molecular formula is C16H13F4NO. The number of rotatable bonds is 4. The molecule has 6 heteroatoms. The summed E-state index contributed by atoms with van der Waals surface area (Å²) in [6, 6.07) is 8.52. The van der Waals surface area contributed by atoms with Gasteiger partial charge in [-0.15, -0.1) is 0 Å². The van der Waals surface area contributed by atoms with Gasteiger partial charge in [0.05, 0.1) is 5.56 Å². The van der Waals surface area contributed by atoms with Gasteiger partial charge in [0.25, 0.3) is 0 Å². The maximum atomic E-state index is 13.1. The molecule has 0 aliphatic heterocycles. The lowest BCUT2D eigenvalue weighted by atomic mass is 10.0. The van der Waals surface area contributed by atoms with E-state index in [4.69, 9.17) is 0 Å². The summed E-state index contributed by atoms with van der Waals surface area (Å²) in [5, 5.41) is 2.71. The van der Waals surface area contributed by atoms with Gasteiger partial charge in [-0.3, -0.25) is 4.79 Å². The number of aldehydes is 1. The number of benzene rings is 2. The van der Waals surface area contributed by atoms with Crippen LogP contribution < -0.4 is 5.32 Å². The zero-order chi connectivity index (χ0) is 16.3. The van der Waals surface area contributed by atoms with Crippen LogP contribution in [0, 0.1) is 5.82 Å². The lowest BCUT2D eigenvalue weighted by molar-refractivity contribution is -0.137. The topological polar surface area (TPSA) is 29.1 Å². The fraction of sp³-hybridized carbons (Fsp3) is 0.188. The fourth-order valence-corrected chi connectivity index (χ4v) is 2.10. The largest absolute Gasteiger partial charge is 0.418 e. The van der Waals surface area contributed by atoms with Gasteiger partial charge in [-0.05, 0) is 36.8 Å². The minimum Gasteiger partial charge on any atom is -0.378 e. The van der Waals surface area contributed by atoms with E-state index in [0.29, 0.717) is 23.5 Å². The molecule has 22 heavy (non-hydrogen) atoms. The molecule has 0 fully saturated rings. The van der Waals surface area contributed by atoms with E-state index in [1.165, 1.54) is 0 Å². The molecule has 0 saturated carbocycles. The van der Waals surface area contributed by atoms with Gasteiger partial charge in [-0.25, -0.2) is 4.39 Å². The third kappa shape index (κ3) is 3.63. The first-order chi connectivity index (χ1) is 10.3. The normalized spacial score (nSPS) is 12.8. The van der Waals surface area contributed by atoms with Gasteiger partial charge in [-0.2, -0.15) is 13.2 Å². The van der Waals surface area contributed by atoms with Crippen molar-refractivity contribution >= 4 is 12.0 Å². The van der Waals surface area contributed by atoms with Gasteiger partial charge in [0, 0.05) is 17.3 Å². The highest BCUT2D eigenvalue weighted by Gasteiger charge is 2.34. The van der Waals surface area contributed by atoms with Crippen LogP contribution in [0.4, 0.5) is 23.2 Å². The summed E-state index contributed by atoms with van der Waals surface area (Å²) >= 11 is 0. The summed E-state index contributed by atoms with van der Waals surface area (Å²) in [4.78, 5) is 10.8. The average Bonchev–Trinajstić information content (AvgIpc) is 2.48. The van der Waals surface area contributed by atoms with E-state index < -0.39 is 23.6 Å². The summed E-state index contributed by atoms with van der Waals surface area (Å²) < 4.78 is 51.9. The first-order valence-electron chi connectivity index (χ1n) is 6.49. The molecule has 1 atom stereocenters. The molecule has 0 spiro atoms. The van der Waals surface area contributed by atoms with Crippen LogP contribution in [0.5, 0.6) is 0 Å². The van der Waals surface area contributed by atoms with Crippen molar-refractivity contribution < 1.29 is 22.4 Å². The van der Waals surface area contributed by atoms with Crippen molar-refractivity contribution in [2.24, 2.45) is 0 Å². The van der Waals surface area contributed by atoms with Crippen molar-refractivity contribution in [1.29, 1.82) is 0 Å². The fourth-order valence-electron chi connectivity index (χ4n) is 2.10. The third-order valence-corrected chi connectivity index (χ3v) is 3.21. The van der Waals surface area contributed by atoms with Crippen molar-refractivity contribution in [3.8, 4) is 0 Å². The van der Waals surface area contributed by atoms with E-state index in [0.717, 1.165) is 12.1 Å². The molecule has 0 aliphatic rings. The number of halogens is 4. The molecule has 0 amide bonds. The monoisotopic (exact) mass is 311 g/mol. The molecule has 2 nitrogen and oxygen atoms in total. The quantitative estimate of drug-likeness (QED) is 0.647. The van der Waals surface area contributed by atoms with Crippen LogP contribution >= 0.6 is 0 Å². The van der Waals surface area contributed by atoms with E-state index in [-0.39, 0.29) is 5.69 Å². The number of hydrogen-bond donors (Lipinski definition) is 1. The number of carbonyl (C=O) groups excluding carboxylic acids is 1. The summed E-state index contributed by atoms with van der Waals surface area (Å²) in [6.07, 6.45) is -4.00. The Kier molecular flexibility index (Phi) is 4.49. The molecule has 0 aromatic heterocycles. The molecule has 1 unspecified atom stereocenters. The van der Waals surface area contributed by atoms with Crippen molar-refractivity contribution in [3.63, 3.8) is 0 Å². The highest BCUT2D eigenvalue weighted by Crippen LogP contribution is 2.36. The van der Waals surface area contributed by atoms with E-state index in [2.05, 4.69) is 5.32 Å². The van der Waals surface area contributed by atoms with Gasteiger partial charge in [0.15, 0.2) is 0 Å². The van der Waals surface area contributed by atoms with Crippen LogP contribution in [0.3, 0.4) is 0 Å². The van der Waals surface area contributed by atoms with Crippen LogP contribution in [0.1, 0.15) is 34.5 Å². The third-order valence-electron chi connectivity index (χ3n) is 3.21. The molecule has 116 valence electrons. The molecule has 2 rings (SSSR count). The molecule has 0 bridgehead atoms. The number of anilines is 1. The maximum Gasteiger partial charge on any atom is 0.418 e. The smallest absolute Gasteiger partial charge is 0.378 e. The van der Waals surface area contributed by atoms with Crippen molar-refractivity contribution in [3.05, 3.63) is 65.0 Å². The van der Waals surface area contributed by atoms with Crippen LogP contribution in [0.2, 0.25) is 0 Å². The predicted molar refractivity (Wildman–Crippen MR) is 75.3 cm³/mol. The molecule has 0 aliphatic carbocycles. The molecular weight excluding hydrogens is 298 g/mol. The van der Waals surface area contributed by atoms with Gasteiger partial charge in [-0.1, -0.05) is 18.2 Å². The Labute approximate surface area is 124 Å². The standard InChI is InChI=1S/C16H13F4NO/c1-10(12-4-2-3-11(7-12)9-22)21-15-6-5-13(17)8-14(15)16(18,19)20/h2-10,21H,1H3. The highest BCUT2D eigenvalue weighted by molar-refractivity contribution is 5.75. The molecule has 2 aromatic rings. The number of carbonyl (C=O) groups is 1. The second-order valence-electron chi connectivity index (χ2n) is 4.84. The first kappa shape index (κ1) is 16.0. The van der Waals surface area contributed by atoms with Crippen LogP contribution in [0.25, 0.3) is 0 Å². The average molecular weight is 311 g/mol. The second kappa shape index (κ2) is 6.17. The Morgan fingerprint density at radius 2 is 1.86 bits per heavy atom. The second-order valence-corrected chi connectivity index (χ2v) is 4.84. The maximum absolute atomic E-state index is 13.1. The Morgan fingerprint density at radius 1 is 1.14 bits per heavy atom. The van der Waals surface area contributed by atoms with E-state index in [1.54, 1.807) is 31.2 Å². The summed E-state index contributed by atoms with van der Waals surface area (Å²) in [6.45, 7) is 1.66. The van der Waals surface area contributed by atoms with Crippen molar-refractivity contribution in [2.45, 2.75) is 19.1 Å². The highest BCUT2D eigenvalue weighted by atomic mass is 19.4. The molecule has 0 saturated heterocycles. The summed E-state index contributed by atoms with van der Waals surface area (Å²) in [5.41, 5.74) is -0.188. The van der Waals surface area contributed by atoms with E-state index >= 15 is 0 Å². The molecule has 0 heterocycles. The van der Waals surface area contributed by atoms with Gasteiger partial charge < -0.3 is 5.32 Å². The van der Waals surface area contributed by atoms with Crippen LogP contribution in [-0.2, 0) is 6.18 Å². The zero-order valence-electron chi connectivity index (χ0n) is 11.6. The molecule has 1 N–H and O–H groups in total. The zero-order valence-corrected chi connectivity index (χ0v) is 11.6. The summed E-state index contributed by atoms with van der Waals surface area (Å²) in [7, 11) is 0. The van der Waals surface area contributed by atoms with Gasteiger partial charge in [0.1, 0.15) is 12.1 Å². The van der Waals surface area contributed by atoms with Crippen LogP contribution in [0.15, 0.2) is 42.5 Å². The van der Waals surface area contributed by atoms with E-state index in [9.17, 15) is 22.4 Å².